The van der Waals surface area contributed by atoms with Crippen LogP contribution >= 0.6 is 0 Å². The number of hydrogen-bond acceptors (Lipinski definition) is 5. The van der Waals surface area contributed by atoms with Gasteiger partial charge in [0.25, 0.3) is 11.8 Å². The van der Waals surface area contributed by atoms with Crippen LogP contribution in [0.5, 0.6) is 0 Å². The van der Waals surface area contributed by atoms with Crippen molar-refractivity contribution in [2.45, 2.75) is 12.1 Å². The second kappa shape index (κ2) is 9.32. The Morgan fingerprint density at radius 2 is 1.16 bits per heavy atom. The molecule has 0 unspecified atom stereocenters. The predicted molar refractivity (Wildman–Crippen MR) is 116 cm³/mol. The molecule has 1 aliphatic rings. The number of benzene rings is 2. The highest BCUT2D eigenvalue weighted by Gasteiger charge is 2.30. The van der Waals surface area contributed by atoms with E-state index >= 15 is 0 Å². The molecule has 0 bridgehead atoms. The number of nitrogens with zero attached hydrogens (tertiary/aromatic N) is 1. The zero-order chi connectivity index (χ0) is 21.6. The Hall–Kier alpha value is -3.84. The summed E-state index contributed by atoms with van der Waals surface area (Å²) in [7, 11) is 0. The fourth-order valence-corrected chi connectivity index (χ4v) is 3.52. The molecule has 3 aromatic rings. The molecule has 3 N–H and O–H groups in total. The molecular formula is C24H22N4O3. The Bertz CT molecular complexity index is 1070. The number of ketones is 1. The van der Waals surface area contributed by atoms with Crippen LogP contribution in [0.3, 0.4) is 0 Å². The maximum absolute atomic E-state index is 12.7. The largest absolute Gasteiger partial charge is 0.346 e. The molecular weight excluding hydrogens is 392 g/mol. The number of nitrogens with one attached hydrogen (secondary N) is 3. The molecule has 0 radical (unpaired) electrons. The van der Waals surface area contributed by atoms with Gasteiger partial charge in [-0.25, -0.2) is 0 Å². The van der Waals surface area contributed by atoms with Crippen LogP contribution in [0.2, 0.25) is 0 Å². The van der Waals surface area contributed by atoms with E-state index in [2.05, 4.69) is 20.9 Å². The molecule has 7 heteroatoms. The van der Waals surface area contributed by atoms with E-state index < -0.39 is 0 Å². The number of aromatic nitrogens is 1. The first-order valence-electron chi connectivity index (χ1n) is 10.0. The summed E-state index contributed by atoms with van der Waals surface area (Å²) >= 11 is 0. The van der Waals surface area contributed by atoms with Crippen molar-refractivity contribution in [3.63, 3.8) is 0 Å². The lowest BCUT2D eigenvalue weighted by atomic mass is 10.0. The fraction of sp³-hybridized carbons (Fsp3) is 0.167. The first-order chi connectivity index (χ1) is 15.1. The lowest BCUT2D eigenvalue weighted by Crippen LogP contribution is -2.51. The molecule has 2 heterocycles. The molecule has 2 aromatic carbocycles. The van der Waals surface area contributed by atoms with E-state index in [4.69, 9.17) is 0 Å². The maximum Gasteiger partial charge on any atom is 0.251 e. The van der Waals surface area contributed by atoms with Crippen LogP contribution in [0.15, 0.2) is 79.1 Å². The number of amides is 2. The summed E-state index contributed by atoms with van der Waals surface area (Å²) in [6, 6.07) is 18.4. The van der Waals surface area contributed by atoms with Crippen molar-refractivity contribution < 1.29 is 14.4 Å². The third kappa shape index (κ3) is 4.84. The highest BCUT2D eigenvalue weighted by atomic mass is 16.2. The zero-order valence-corrected chi connectivity index (χ0v) is 16.7. The Morgan fingerprint density at radius 1 is 0.677 bits per heavy atom. The predicted octanol–water partition coefficient (Wildman–Crippen LogP) is 1.81. The van der Waals surface area contributed by atoms with Gasteiger partial charge in [0.1, 0.15) is 0 Å². The highest BCUT2D eigenvalue weighted by Crippen LogP contribution is 2.12. The van der Waals surface area contributed by atoms with Crippen LogP contribution in [0.1, 0.15) is 36.6 Å². The number of pyridine rings is 1. The second-order valence-electron chi connectivity index (χ2n) is 7.33. The zero-order valence-electron chi connectivity index (χ0n) is 16.7. The van der Waals surface area contributed by atoms with Gasteiger partial charge in [-0.15, -0.1) is 0 Å². The van der Waals surface area contributed by atoms with E-state index in [0.717, 1.165) is 0 Å². The molecule has 1 saturated heterocycles. The molecule has 1 aliphatic heterocycles. The fourth-order valence-electron chi connectivity index (χ4n) is 3.52. The maximum atomic E-state index is 12.7. The standard InChI is InChI=1S/C24H22N4O3/c29-22(16-4-2-1-3-5-16)17-6-8-18(9-7-17)23(30)27-20-14-26-15-21(20)28-24(31)19-10-12-25-13-11-19/h1-13,20-21,26H,14-15H2,(H,27,30)(H,28,31)/t20-,21-/m1/s1. The van der Waals surface area contributed by atoms with Gasteiger partial charge in [0.05, 0.1) is 12.1 Å². The summed E-state index contributed by atoms with van der Waals surface area (Å²) in [4.78, 5) is 41.5. The smallest absolute Gasteiger partial charge is 0.251 e. The summed E-state index contributed by atoms with van der Waals surface area (Å²) < 4.78 is 0. The van der Waals surface area contributed by atoms with Gasteiger partial charge in [-0.3, -0.25) is 19.4 Å². The van der Waals surface area contributed by atoms with Crippen LogP contribution in [0.25, 0.3) is 0 Å². The SMILES string of the molecule is O=C(N[C@@H]1CNC[C@H]1NC(=O)c1ccc(C(=O)c2ccccc2)cc1)c1ccncc1. The minimum Gasteiger partial charge on any atom is -0.346 e. The van der Waals surface area contributed by atoms with Gasteiger partial charge in [-0.05, 0) is 24.3 Å². The van der Waals surface area contributed by atoms with Gasteiger partial charge in [0.2, 0.25) is 0 Å². The summed E-state index contributed by atoms with van der Waals surface area (Å²) in [5, 5.41) is 9.12. The number of rotatable bonds is 6. The van der Waals surface area contributed by atoms with Crippen LogP contribution < -0.4 is 16.0 Å². The molecule has 0 spiro atoms. The first kappa shape index (κ1) is 20.4. The number of carbonyl (C=O) groups excluding carboxylic acids is 3. The van der Waals surface area contributed by atoms with E-state index in [9.17, 15) is 14.4 Å². The van der Waals surface area contributed by atoms with Crippen LogP contribution in [-0.4, -0.2) is 47.8 Å². The quantitative estimate of drug-likeness (QED) is 0.534. The normalized spacial score (nSPS) is 17.7. The van der Waals surface area contributed by atoms with Crippen molar-refractivity contribution in [2.24, 2.45) is 0 Å². The minimum atomic E-state index is -0.254. The molecule has 31 heavy (non-hydrogen) atoms. The summed E-state index contributed by atoms with van der Waals surface area (Å²) in [6.07, 6.45) is 3.13. The molecule has 1 aromatic heterocycles. The van der Waals surface area contributed by atoms with Gasteiger partial charge >= 0.3 is 0 Å². The second-order valence-corrected chi connectivity index (χ2v) is 7.33. The molecule has 0 aliphatic carbocycles. The van der Waals surface area contributed by atoms with Crippen molar-refractivity contribution in [1.29, 1.82) is 0 Å². The Labute approximate surface area is 179 Å². The average molecular weight is 414 g/mol. The van der Waals surface area contributed by atoms with Crippen LogP contribution in [0, 0.1) is 0 Å². The molecule has 2 atom stereocenters. The first-order valence-corrected chi connectivity index (χ1v) is 10.0. The van der Waals surface area contributed by atoms with Gasteiger partial charge in [-0.1, -0.05) is 42.5 Å². The minimum absolute atomic E-state index is 0.0913. The molecule has 0 saturated carbocycles. The third-order valence-electron chi connectivity index (χ3n) is 5.23. The average Bonchev–Trinajstić information content (AvgIpc) is 3.26. The number of hydrogen-bond donors (Lipinski definition) is 3. The van der Waals surface area contributed by atoms with Crippen molar-refractivity contribution >= 4 is 17.6 Å². The monoisotopic (exact) mass is 414 g/mol. The molecule has 4 rings (SSSR count). The van der Waals surface area contributed by atoms with Gasteiger partial charge in [0, 0.05) is 47.7 Å². The van der Waals surface area contributed by atoms with E-state index in [1.54, 1.807) is 60.9 Å². The lowest BCUT2D eigenvalue weighted by Gasteiger charge is -2.21. The van der Waals surface area contributed by atoms with Gasteiger partial charge < -0.3 is 16.0 Å². The Balaban J connectivity index is 1.38. The summed E-state index contributed by atoms with van der Waals surface area (Å²) in [6.45, 7) is 1.11. The Kier molecular flexibility index (Phi) is 6.14. The lowest BCUT2D eigenvalue weighted by molar-refractivity contribution is 0.0896. The van der Waals surface area contributed by atoms with Gasteiger partial charge in [-0.2, -0.15) is 0 Å². The van der Waals surface area contributed by atoms with Gasteiger partial charge in [0.15, 0.2) is 5.78 Å². The van der Waals surface area contributed by atoms with E-state index in [0.29, 0.717) is 35.3 Å². The molecule has 156 valence electrons. The Morgan fingerprint density at radius 3 is 1.74 bits per heavy atom. The molecule has 7 nitrogen and oxygen atoms in total. The molecule has 1 fully saturated rings. The van der Waals surface area contributed by atoms with Crippen LogP contribution in [0.4, 0.5) is 0 Å². The topological polar surface area (TPSA) is 100 Å². The van der Waals surface area contributed by atoms with Crippen LogP contribution in [-0.2, 0) is 0 Å². The van der Waals surface area contributed by atoms with Crippen molar-refractivity contribution in [1.82, 2.24) is 20.9 Å². The van der Waals surface area contributed by atoms with E-state index in [1.165, 1.54) is 0 Å². The van der Waals surface area contributed by atoms with Crippen molar-refractivity contribution in [3.05, 3.63) is 101 Å². The third-order valence-corrected chi connectivity index (χ3v) is 5.23. The summed E-state index contributed by atoms with van der Waals surface area (Å²) in [5.41, 5.74) is 2.10. The highest BCUT2D eigenvalue weighted by molar-refractivity contribution is 6.09. The van der Waals surface area contributed by atoms with Crippen molar-refractivity contribution in [3.8, 4) is 0 Å². The number of carbonyl (C=O) groups is 3. The van der Waals surface area contributed by atoms with E-state index in [1.807, 2.05) is 18.2 Å². The van der Waals surface area contributed by atoms with E-state index in [-0.39, 0.29) is 29.7 Å². The van der Waals surface area contributed by atoms with Crippen molar-refractivity contribution in [2.75, 3.05) is 13.1 Å². The summed E-state index contributed by atoms with van der Waals surface area (Å²) in [5.74, 6) is -0.555. The molecule has 2 amide bonds.